The highest BCUT2D eigenvalue weighted by Gasteiger charge is 2.32. The zero-order valence-electron chi connectivity index (χ0n) is 19.9. The summed E-state index contributed by atoms with van der Waals surface area (Å²) in [7, 11) is 0. The van der Waals surface area contributed by atoms with Crippen molar-refractivity contribution in [2.75, 3.05) is 36.5 Å². The molecule has 2 aromatic heterocycles. The highest BCUT2D eigenvalue weighted by molar-refractivity contribution is 6.04. The van der Waals surface area contributed by atoms with Gasteiger partial charge in [-0.3, -0.25) is 9.78 Å². The van der Waals surface area contributed by atoms with Crippen molar-refractivity contribution in [2.45, 2.75) is 19.1 Å². The predicted octanol–water partition coefficient (Wildman–Crippen LogP) is 2.33. The highest BCUT2D eigenvalue weighted by Crippen LogP contribution is 2.32. The molecule has 0 aliphatic carbocycles. The largest absolute Gasteiger partial charge is 0.491 e. The molecule has 4 rings (SSSR count). The third kappa shape index (κ3) is 5.66. The minimum atomic E-state index is -1.15. The third-order valence-electron chi connectivity index (χ3n) is 6.04. The van der Waals surface area contributed by atoms with Gasteiger partial charge in [-0.15, -0.1) is 0 Å². The number of ether oxygens (including phenoxy) is 1. The molecule has 196 valence electrons. The molecule has 1 saturated heterocycles. The lowest BCUT2D eigenvalue weighted by atomic mass is 9.92. The van der Waals surface area contributed by atoms with E-state index in [-0.39, 0.29) is 30.6 Å². The van der Waals surface area contributed by atoms with Crippen molar-refractivity contribution in [3.05, 3.63) is 65.9 Å². The number of hydrogen-bond acceptors (Lipinski definition) is 8. The maximum Gasteiger partial charge on any atom is 0.274 e. The predicted molar refractivity (Wildman–Crippen MR) is 130 cm³/mol. The van der Waals surface area contributed by atoms with Crippen LogP contribution in [-0.2, 0) is 0 Å². The van der Waals surface area contributed by atoms with Gasteiger partial charge in [-0.2, -0.15) is 0 Å². The van der Waals surface area contributed by atoms with Crippen LogP contribution in [0.15, 0.2) is 42.7 Å². The number of anilines is 2. The van der Waals surface area contributed by atoms with E-state index in [0.717, 1.165) is 24.3 Å². The summed E-state index contributed by atoms with van der Waals surface area (Å²) >= 11 is 0. The highest BCUT2D eigenvalue weighted by atomic mass is 19.1. The second-order valence-corrected chi connectivity index (χ2v) is 8.74. The Morgan fingerprint density at radius 2 is 1.92 bits per heavy atom. The average Bonchev–Trinajstić information content (AvgIpc) is 2.86. The number of aliphatic hydroxyl groups is 2. The van der Waals surface area contributed by atoms with Gasteiger partial charge in [-0.25, -0.2) is 18.2 Å². The van der Waals surface area contributed by atoms with E-state index >= 15 is 0 Å². The van der Waals surface area contributed by atoms with Gasteiger partial charge in [0.2, 0.25) is 0 Å². The van der Waals surface area contributed by atoms with Gasteiger partial charge in [0.25, 0.3) is 5.91 Å². The Bertz CT molecular complexity index is 1260. The SMILES string of the molecule is C[C@H]1CN(c2ccncc2NC(=O)c2ccc(F)c(-c3c(F)cc(OCCO)cc3F)n2)C[C@@H](N)[C@@H]1O. The molecule has 0 spiro atoms. The summed E-state index contributed by atoms with van der Waals surface area (Å²) in [6, 6.07) is 4.85. The standard InChI is InChI=1S/C25H26F3N5O4/c1-13-11-33(12-18(29)24(13)35)21-4-5-30-10-20(21)32-25(36)19-3-2-15(26)23(31-19)22-16(27)8-14(9-17(22)28)37-7-6-34/h2-5,8-10,13,18,24,34-35H,6-7,11-12,29H2,1H3,(H,32,36)/t13-,18+,24+/m0/s1. The fraction of sp³-hybridized carbons (Fsp3) is 0.320. The first-order valence-electron chi connectivity index (χ1n) is 11.5. The molecular weight excluding hydrogens is 491 g/mol. The molecule has 3 aromatic rings. The number of rotatable bonds is 7. The maximum absolute atomic E-state index is 14.7. The number of nitrogens with two attached hydrogens (primary N) is 1. The van der Waals surface area contributed by atoms with Crippen molar-refractivity contribution in [2.24, 2.45) is 11.7 Å². The lowest BCUT2D eigenvalue weighted by Gasteiger charge is -2.40. The number of aliphatic hydroxyl groups excluding tert-OH is 2. The number of hydrogen-bond donors (Lipinski definition) is 4. The fourth-order valence-corrected chi connectivity index (χ4v) is 4.22. The Morgan fingerprint density at radius 3 is 2.59 bits per heavy atom. The third-order valence-corrected chi connectivity index (χ3v) is 6.04. The van der Waals surface area contributed by atoms with Crippen LogP contribution in [0.2, 0.25) is 0 Å². The van der Waals surface area contributed by atoms with Crippen LogP contribution in [0.25, 0.3) is 11.3 Å². The molecule has 12 heteroatoms. The van der Waals surface area contributed by atoms with Crippen LogP contribution in [-0.4, -0.2) is 64.5 Å². The van der Waals surface area contributed by atoms with E-state index in [1.807, 2.05) is 11.8 Å². The van der Waals surface area contributed by atoms with Gasteiger partial charge in [-0.05, 0) is 18.2 Å². The Morgan fingerprint density at radius 1 is 1.19 bits per heavy atom. The Hall–Kier alpha value is -3.74. The first-order chi connectivity index (χ1) is 17.7. The summed E-state index contributed by atoms with van der Waals surface area (Å²) in [5.74, 6) is -4.39. The number of nitrogens with zero attached hydrogens (tertiary/aromatic N) is 3. The average molecular weight is 518 g/mol. The fourth-order valence-electron chi connectivity index (χ4n) is 4.22. The van der Waals surface area contributed by atoms with Crippen molar-refractivity contribution in [1.29, 1.82) is 0 Å². The first kappa shape index (κ1) is 26.3. The van der Waals surface area contributed by atoms with Crippen LogP contribution < -0.4 is 20.7 Å². The number of piperidine rings is 1. The van der Waals surface area contributed by atoms with Gasteiger partial charge in [0.05, 0.1) is 35.8 Å². The van der Waals surface area contributed by atoms with Gasteiger partial charge in [0, 0.05) is 43.4 Å². The van der Waals surface area contributed by atoms with E-state index in [1.165, 1.54) is 6.20 Å². The normalized spacial score (nSPS) is 19.5. The monoisotopic (exact) mass is 517 g/mol. The second kappa shape index (κ2) is 11.1. The van der Waals surface area contributed by atoms with Crippen molar-refractivity contribution >= 4 is 17.3 Å². The molecular formula is C25H26F3N5O4. The molecule has 1 fully saturated rings. The zero-order chi connectivity index (χ0) is 26.7. The molecule has 1 aromatic carbocycles. The molecule has 3 heterocycles. The lowest BCUT2D eigenvalue weighted by Crippen LogP contribution is -2.55. The van der Waals surface area contributed by atoms with E-state index in [0.29, 0.717) is 24.5 Å². The Balaban J connectivity index is 1.61. The molecule has 0 saturated carbocycles. The number of amides is 1. The summed E-state index contributed by atoms with van der Waals surface area (Å²) in [6.07, 6.45) is 2.30. The molecule has 5 N–H and O–H groups in total. The van der Waals surface area contributed by atoms with Gasteiger partial charge >= 0.3 is 0 Å². The van der Waals surface area contributed by atoms with Crippen LogP contribution >= 0.6 is 0 Å². The summed E-state index contributed by atoms with van der Waals surface area (Å²) in [4.78, 5) is 22.9. The van der Waals surface area contributed by atoms with Gasteiger partial charge in [0.1, 0.15) is 41.2 Å². The van der Waals surface area contributed by atoms with Crippen molar-refractivity contribution in [3.63, 3.8) is 0 Å². The molecule has 1 amide bonds. The van der Waals surface area contributed by atoms with E-state index < -0.39 is 46.8 Å². The smallest absolute Gasteiger partial charge is 0.274 e. The second-order valence-electron chi connectivity index (χ2n) is 8.74. The topological polar surface area (TPSA) is 134 Å². The Kier molecular flexibility index (Phi) is 7.91. The van der Waals surface area contributed by atoms with Crippen LogP contribution in [0.3, 0.4) is 0 Å². The number of aromatic nitrogens is 2. The van der Waals surface area contributed by atoms with E-state index in [2.05, 4.69) is 15.3 Å². The number of nitrogens with one attached hydrogen (secondary N) is 1. The lowest BCUT2D eigenvalue weighted by molar-refractivity contribution is 0.0785. The van der Waals surface area contributed by atoms with E-state index in [4.69, 9.17) is 15.6 Å². The van der Waals surface area contributed by atoms with Crippen molar-refractivity contribution < 1.29 is 32.9 Å². The summed E-state index contributed by atoms with van der Waals surface area (Å²) in [5.41, 5.74) is 5.25. The van der Waals surface area contributed by atoms with Gasteiger partial charge in [-0.1, -0.05) is 6.92 Å². The minimum absolute atomic E-state index is 0.119. The molecule has 37 heavy (non-hydrogen) atoms. The summed E-state index contributed by atoms with van der Waals surface area (Å²) in [6.45, 7) is 2.15. The number of carbonyl (C=O) groups is 1. The van der Waals surface area contributed by atoms with Crippen molar-refractivity contribution in [1.82, 2.24) is 9.97 Å². The van der Waals surface area contributed by atoms with Crippen LogP contribution in [0.4, 0.5) is 24.5 Å². The summed E-state index contributed by atoms with van der Waals surface area (Å²) in [5, 5.41) is 21.6. The molecule has 0 unspecified atom stereocenters. The zero-order valence-corrected chi connectivity index (χ0v) is 19.9. The van der Waals surface area contributed by atoms with Crippen LogP contribution in [0.5, 0.6) is 5.75 Å². The number of benzene rings is 1. The molecule has 0 bridgehead atoms. The number of carbonyl (C=O) groups excluding carboxylic acids is 1. The molecule has 1 aliphatic heterocycles. The quantitative estimate of drug-likeness (QED) is 0.375. The Labute approximate surface area is 210 Å². The van der Waals surface area contributed by atoms with Crippen molar-refractivity contribution in [3.8, 4) is 17.0 Å². The van der Waals surface area contributed by atoms with Crippen LogP contribution in [0, 0.1) is 23.4 Å². The molecule has 0 radical (unpaired) electrons. The van der Waals surface area contributed by atoms with E-state index in [9.17, 15) is 23.1 Å². The number of pyridine rings is 2. The summed E-state index contributed by atoms with van der Waals surface area (Å²) < 4.78 is 49.0. The van der Waals surface area contributed by atoms with E-state index in [1.54, 1.807) is 12.3 Å². The van der Waals surface area contributed by atoms with Gasteiger partial charge in [0.15, 0.2) is 0 Å². The molecule has 1 aliphatic rings. The van der Waals surface area contributed by atoms with Gasteiger partial charge < -0.3 is 30.9 Å². The number of halogens is 3. The minimum Gasteiger partial charge on any atom is -0.491 e. The molecule has 9 nitrogen and oxygen atoms in total. The molecule has 3 atom stereocenters. The van der Waals surface area contributed by atoms with Crippen LogP contribution in [0.1, 0.15) is 17.4 Å². The first-order valence-corrected chi connectivity index (χ1v) is 11.5. The maximum atomic E-state index is 14.7.